The third-order valence-corrected chi connectivity index (χ3v) is 8190. The van der Waals surface area contributed by atoms with E-state index in [1.807, 2.05) is 51.1 Å². The number of hydrogen-bond acceptors (Lipinski definition) is 9. The van der Waals surface area contributed by atoms with Crippen LogP contribution in [0.1, 0.15) is 63.0 Å². The van der Waals surface area contributed by atoms with Gasteiger partial charge in [0.05, 0.1) is 32.0 Å². The number of thiophene rings is 2. The zero-order valence-electron chi connectivity index (χ0n) is 62.1. The first kappa shape index (κ1) is 218. The molecular weight excluding hydrogens is 14200 g/mol. The number of ether oxygens (including phenoxy) is 4. The molecule has 0 aliphatic heterocycles. The van der Waals surface area contributed by atoms with Crippen molar-refractivity contribution in [2.75, 3.05) is 26.4 Å². The fourth-order valence-corrected chi connectivity index (χ4v) is 19900. The molecule has 0 aliphatic carbocycles. The molecule has 145 heavy (non-hydrogen) atoms. The fraction of sp³-hybridized carbons (Fsp3) is 0.321. The van der Waals surface area contributed by atoms with Gasteiger partial charge in [-0.2, -0.15) is 0 Å². The first-order chi connectivity index (χ1) is 67.1. The third kappa shape index (κ3) is 84.8. The average Bonchev–Trinajstić information content (AvgIpc) is 1.63. The quantitative estimate of drug-likeness (QED) is 0.0188. The van der Waals surface area contributed by atoms with E-state index in [0.717, 1.165) is 26.1 Å². The molecule has 0 bridgehead atoms. The second kappa shape index (κ2) is 130. The molecule has 952 valence electrons. The number of hydrogen-bond donors (Lipinski definition) is 0. The van der Waals surface area contributed by atoms with Crippen LogP contribution in [0.25, 0.3) is 20.2 Å². The summed E-state index contributed by atoms with van der Waals surface area (Å²) in [4.78, 5) is 36.1. The summed E-state index contributed by atoms with van der Waals surface area (Å²) in [6.45, 7) is 9.13. The molecule has 0 spiro atoms. The van der Waals surface area contributed by atoms with Crippen molar-refractivity contribution in [3.05, 3.63) is 57.3 Å². The molecule has 0 fully saturated rings. The van der Waals surface area contributed by atoms with Crippen molar-refractivity contribution in [1.29, 1.82) is 0 Å². The van der Waals surface area contributed by atoms with Crippen LogP contribution in [-0.2, 0) is 14.8 Å². The van der Waals surface area contributed by atoms with E-state index in [0.29, 0.717) is 71.1 Å². The molecule has 2 heterocycles. The second-order valence-electron chi connectivity index (χ2n) is 15.9. The van der Waals surface area contributed by atoms with Crippen molar-refractivity contribution in [1.82, 2.24) is 0 Å². The molecule has 0 saturated carbocycles. The maximum absolute atomic E-state index is 12.0. The van der Waals surface area contributed by atoms with Gasteiger partial charge in [0.2, 0.25) is 0 Å². The monoisotopic (exact) mass is 14200 g/mol. The summed E-state index contributed by atoms with van der Waals surface area (Å²) in [5, 5.41) is 2.30. The SMILES string of the molecule is CCOC(=O)c1sc2cccc(OCC)c2c1C=O.CCOC(=O)c1sc2cccc(OCC)c2c1CBr.II(I)I(I)I(I)I(I)I(I)I(I)I(I)I(I)I(I)I(I)I(I)I(I)I(I)I(I)I(I)I(I)I(I)I(I)I(I)I(I)I(I)I(I)I(I)I(I)I(I)I(I)I.I[I-]I(I)I(I)I(I)I(I)I(I)I(I)I(I)I(I)I(I)I(I)I(I)I(I)I(I)I(I)I(I)I(I)I(I)I(I)I(I)I(I)I(I)I(I)I(I)I(I)I(I)I. The number of fused-ring (bicyclic) bond motifs is 2. The van der Waals surface area contributed by atoms with Crippen molar-refractivity contribution in [2.45, 2.75) is 33.0 Å². The van der Waals surface area contributed by atoms with Crippen LogP contribution < -0.4 is 22.7 Å². The zero-order valence-corrected chi connectivity index (χ0v) is 296. The summed E-state index contributed by atoms with van der Waals surface area (Å²) in [5.74, 6) is 0.712. The molecule has 0 saturated heterocycles. The van der Waals surface area contributed by atoms with Gasteiger partial charge in [-0.1, -0.05) is 28.1 Å². The van der Waals surface area contributed by atoms with E-state index in [9.17, 15) is 14.4 Å². The van der Waals surface area contributed by atoms with E-state index in [2.05, 4.69) is 1040 Å². The Balaban J connectivity index is 0.00000106. The van der Waals surface area contributed by atoms with Crippen molar-refractivity contribution in [2.24, 2.45) is 0 Å². The topological polar surface area (TPSA) is 88.1 Å². The van der Waals surface area contributed by atoms with Gasteiger partial charge in [-0.3, -0.25) is 4.79 Å². The van der Waals surface area contributed by atoms with Crippen molar-refractivity contribution >= 4 is 1500 Å². The number of halogens is 108. The van der Waals surface area contributed by atoms with E-state index >= 15 is 0 Å². The Morgan fingerprint density at radius 2 is 0.434 bits per heavy atom. The van der Waals surface area contributed by atoms with Gasteiger partial charge in [-0.05, 0) is 57.5 Å². The van der Waals surface area contributed by atoms with Crippen LogP contribution in [0.4, 0.5) is 0 Å². The van der Waals surface area contributed by atoms with Crippen LogP contribution in [-0.4, -0.2) is 44.7 Å². The summed E-state index contributed by atoms with van der Waals surface area (Å²) in [5.41, 5.74) is 1.30. The number of carbonyl (C=O) groups is 3. The van der Waals surface area contributed by atoms with E-state index in [1.165, 1.54) is 22.7 Å². The minimum absolute atomic E-state index is 0.263. The fourth-order valence-electron chi connectivity index (χ4n) is 5.29. The number of benzene rings is 2. The van der Waals surface area contributed by atoms with E-state index in [-0.39, 0.29) is 12.6 Å². The molecule has 4 rings (SSSR count). The van der Waals surface area contributed by atoms with Crippen LogP contribution in [0, 0.1) is 0 Å². The van der Waals surface area contributed by atoms with Gasteiger partial charge < -0.3 is 18.9 Å². The van der Waals surface area contributed by atoms with Gasteiger partial charge in [0.25, 0.3) is 0 Å². The summed E-state index contributed by atoms with van der Waals surface area (Å²) in [6.07, 6.45) is 0.688. The van der Waals surface area contributed by atoms with Crippen LogP contribution >= 0.6 is 1470 Å². The predicted octanol–water partition coefficient (Wildman–Crippen LogP) is 98.5. The number of rotatable bonds is 60. The summed E-state index contributed by atoms with van der Waals surface area (Å²) in [6, 6.07) is 11.4. The Hall–Kier alpha value is 75.2. The first-order valence-corrected chi connectivity index (χ1v) is 690. The van der Waals surface area contributed by atoms with Crippen LogP contribution in [0.15, 0.2) is 36.4 Å². The predicted molar refractivity (Wildman–Crippen MR) is 1640 cm³/mol. The van der Waals surface area contributed by atoms with Crippen LogP contribution in [0.5, 0.6) is 11.5 Å². The molecule has 0 aliphatic rings. The van der Waals surface area contributed by atoms with Crippen LogP contribution in [0.3, 0.4) is 0 Å². The normalized spacial score (nSPS) is 16.7. The maximum atomic E-state index is 12.0. The molecule has 0 N–H and O–H groups in total. The number of aldehydes is 1. The minimum atomic E-state index is -0.588. The number of esters is 2. The molecule has 0 unspecified atom stereocenters. The molecule has 117 heteroatoms. The molecule has 2 aromatic carbocycles. The van der Waals surface area contributed by atoms with Crippen molar-refractivity contribution < 1.29 is 46.6 Å². The van der Waals surface area contributed by atoms with Gasteiger partial charge in [-0.15, -0.1) is 22.7 Å². The van der Waals surface area contributed by atoms with Crippen molar-refractivity contribution in [3.63, 3.8) is 0 Å². The summed E-state index contributed by atoms with van der Waals surface area (Å²) < 4.78 is 23.1. The second-order valence-corrected chi connectivity index (χ2v) is 2520. The Morgan fingerprint density at radius 1 is 0.262 bits per heavy atom. The van der Waals surface area contributed by atoms with Crippen LogP contribution in [0.2, 0.25) is 0 Å². The molecule has 2 aromatic heterocycles. The van der Waals surface area contributed by atoms with Gasteiger partial charge in [0.1, 0.15) is 21.3 Å². The summed E-state index contributed by atoms with van der Waals surface area (Å²) in [7, 11) is -27.5. The van der Waals surface area contributed by atoms with Gasteiger partial charge in [0, 0.05) is 25.5 Å². The first-order valence-electron chi connectivity index (χ1n) is 27.2. The van der Waals surface area contributed by atoms with E-state index in [1.54, 1.807) is 13.0 Å². The Bertz CT molecular complexity index is 4210. The molecule has 7 nitrogen and oxygen atoms in total. The number of alkyl halides is 1. The summed E-state index contributed by atoms with van der Waals surface area (Å²) >= 11 is 187. The molecule has 4 aromatic rings. The third-order valence-electron chi connectivity index (χ3n) is 9.30. The Morgan fingerprint density at radius 3 is 0.607 bits per heavy atom. The van der Waals surface area contributed by atoms with Gasteiger partial charge in [-0.25, -0.2) is 9.59 Å². The molecule has 0 amide bonds. The Labute approximate surface area is 1590 Å². The molecule has 0 atom stereocenters. The van der Waals surface area contributed by atoms with Gasteiger partial charge in [0.15, 0.2) is 6.29 Å². The standard InChI is InChI=1S/C14H15BrO3S.C14H14O4S.I54.I53/c2*1-3-17-10-6-5-7-11-12(10)9(8-15)13(19-11)14(16)18-4-2;1-29(2)31(5)33(7)35(9)37(11)39(13)41(15)43(17)45(19)47(21)49(23)51(25)53(27)54(28)52(26)50(24)48(22)46(20)44(18)42(16)40(14)38(12)36(10)34(8)32(6)30(3)4;1-28-30(4)32(6)34(8)36(10)38(12)40(14)42(16)44(18)46(20)48(22)50(24)52(26)53(27)51(25)49(23)47(21)45(19)43(17)41(15)39(13)37(11)35(9)33(7)31(5)29(2)3/h5-7H,3-4,8H2,1-2H3;5-8H,3-4H2,1-2H3;;/q;;;-1. The zero-order chi connectivity index (χ0) is 113. The molecular formula is C28H29BrI107O7S2-. The van der Waals surface area contributed by atoms with Gasteiger partial charge >= 0.3 is 1450 Å². The van der Waals surface area contributed by atoms with E-state index in [4.69, 9.17) is 18.9 Å². The average molecular weight is 14200 g/mol. The van der Waals surface area contributed by atoms with Crippen molar-refractivity contribution in [3.8, 4) is 11.5 Å². The number of carbonyl (C=O) groups excluding carboxylic acids is 3. The van der Waals surface area contributed by atoms with E-state index < -0.39 is 409 Å². The molecule has 0 radical (unpaired) electrons. The Kier molecular flexibility index (Phi) is 196.